The number of aromatic carboxylic acids is 1. The van der Waals surface area contributed by atoms with Crippen molar-refractivity contribution in [1.82, 2.24) is 9.97 Å². The number of nitrogens with one attached hydrogen (secondary N) is 1. The number of anilines is 1. The molecule has 1 aliphatic rings. The highest BCUT2D eigenvalue weighted by molar-refractivity contribution is 9.10. The Bertz CT molecular complexity index is 715. The van der Waals surface area contributed by atoms with Crippen molar-refractivity contribution in [3.63, 3.8) is 0 Å². The third-order valence-electron chi connectivity index (χ3n) is 4.37. The van der Waals surface area contributed by atoms with Gasteiger partial charge in [0.25, 0.3) is 0 Å². The first kappa shape index (κ1) is 16.9. The highest BCUT2D eigenvalue weighted by Crippen LogP contribution is 2.36. The third kappa shape index (κ3) is 3.73. The highest BCUT2D eigenvalue weighted by atomic mass is 79.9. The maximum atomic E-state index is 10.8. The molecule has 1 saturated heterocycles. The molecule has 0 amide bonds. The van der Waals surface area contributed by atoms with Crippen LogP contribution in [0.4, 0.5) is 5.82 Å². The lowest BCUT2D eigenvalue weighted by atomic mass is 9.74. The molecule has 6 nitrogen and oxygen atoms in total. The van der Waals surface area contributed by atoms with Crippen molar-refractivity contribution in [2.45, 2.75) is 18.3 Å². The fraction of sp³-hybridized carbons (Fsp3) is 0.353. The highest BCUT2D eigenvalue weighted by Gasteiger charge is 2.34. The van der Waals surface area contributed by atoms with E-state index in [0.717, 1.165) is 30.5 Å². The van der Waals surface area contributed by atoms with Gasteiger partial charge in [-0.25, -0.2) is 14.8 Å². The van der Waals surface area contributed by atoms with Crippen LogP contribution in [-0.4, -0.2) is 40.8 Å². The summed E-state index contributed by atoms with van der Waals surface area (Å²) in [5.41, 5.74) is 1.14. The molecule has 1 fully saturated rings. The molecule has 3 rings (SSSR count). The average Bonchev–Trinajstić information content (AvgIpc) is 2.61. The lowest BCUT2D eigenvalue weighted by molar-refractivity contribution is 0.0543. The van der Waals surface area contributed by atoms with Crippen LogP contribution in [0.3, 0.4) is 0 Å². The zero-order chi connectivity index (χ0) is 17.0. The first-order chi connectivity index (χ1) is 11.6. The van der Waals surface area contributed by atoms with Gasteiger partial charge in [0.1, 0.15) is 5.82 Å². The van der Waals surface area contributed by atoms with E-state index in [1.54, 1.807) is 0 Å². The maximum absolute atomic E-state index is 10.8. The normalized spacial score (nSPS) is 16.5. The average molecular weight is 392 g/mol. The molecule has 2 heterocycles. The molecule has 1 aromatic carbocycles. The summed E-state index contributed by atoms with van der Waals surface area (Å²) in [5.74, 6) is -0.509. The Morgan fingerprint density at radius 3 is 2.71 bits per heavy atom. The summed E-state index contributed by atoms with van der Waals surface area (Å²) in [6.45, 7) is 2.13. The summed E-state index contributed by atoms with van der Waals surface area (Å²) >= 11 is 3.54. The van der Waals surface area contributed by atoms with Crippen molar-refractivity contribution in [1.29, 1.82) is 0 Å². The molecule has 0 radical (unpaired) electrons. The molecule has 0 atom stereocenters. The van der Waals surface area contributed by atoms with E-state index < -0.39 is 5.97 Å². The number of aromatic nitrogens is 2. The van der Waals surface area contributed by atoms with Gasteiger partial charge >= 0.3 is 5.97 Å². The van der Waals surface area contributed by atoms with Gasteiger partial charge in [-0.1, -0.05) is 28.1 Å². The van der Waals surface area contributed by atoms with Crippen LogP contribution in [0.25, 0.3) is 0 Å². The van der Waals surface area contributed by atoms with Gasteiger partial charge < -0.3 is 15.2 Å². The number of carboxylic acids is 1. The van der Waals surface area contributed by atoms with Gasteiger partial charge in [0, 0.05) is 29.6 Å². The molecule has 24 heavy (non-hydrogen) atoms. The van der Waals surface area contributed by atoms with E-state index in [2.05, 4.69) is 43.3 Å². The molecule has 1 aliphatic heterocycles. The van der Waals surface area contributed by atoms with Crippen molar-refractivity contribution in [2.75, 3.05) is 25.1 Å². The van der Waals surface area contributed by atoms with Crippen molar-refractivity contribution < 1.29 is 14.6 Å². The van der Waals surface area contributed by atoms with E-state index in [0.29, 0.717) is 12.4 Å². The molecule has 0 bridgehead atoms. The summed E-state index contributed by atoms with van der Waals surface area (Å²) in [4.78, 5) is 18.9. The first-order valence-corrected chi connectivity index (χ1v) is 8.51. The Balaban J connectivity index is 1.78. The molecule has 0 spiro atoms. The van der Waals surface area contributed by atoms with Crippen LogP contribution in [0.15, 0.2) is 41.1 Å². The fourth-order valence-electron chi connectivity index (χ4n) is 2.94. The summed E-state index contributed by atoms with van der Waals surface area (Å²) < 4.78 is 6.59. The zero-order valence-electron chi connectivity index (χ0n) is 13.0. The molecule has 1 aromatic heterocycles. The molecule has 2 N–H and O–H groups in total. The number of rotatable bonds is 5. The molecule has 0 unspecified atom stereocenters. The largest absolute Gasteiger partial charge is 0.476 e. The Morgan fingerprint density at radius 1 is 1.29 bits per heavy atom. The predicted octanol–water partition coefficient (Wildman–Crippen LogP) is 3.10. The van der Waals surface area contributed by atoms with Gasteiger partial charge in [-0.3, -0.25) is 0 Å². The van der Waals surface area contributed by atoms with Gasteiger partial charge in [0.05, 0.1) is 12.4 Å². The van der Waals surface area contributed by atoms with Gasteiger partial charge in [-0.15, -0.1) is 0 Å². The predicted molar refractivity (Wildman–Crippen MR) is 93.4 cm³/mol. The standard InChI is InChI=1S/C17H18BrN3O3/c18-13-3-1-2-12(8-13)17(4-6-24-7-5-17)11-21-15-10-19-14(9-20-15)16(22)23/h1-3,8-10H,4-7,11H2,(H,20,21)(H,22,23). The van der Waals surface area contributed by atoms with Crippen molar-refractivity contribution in [2.24, 2.45) is 0 Å². The summed E-state index contributed by atoms with van der Waals surface area (Å²) in [6.07, 6.45) is 4.55. The molecular weight excluding hydrogens is 374 g/mol. The molecule has 2 aromatic rings. The van der Waals surface area contributed by atoms with Crippen LogP contribution in [0.5, 0.6) is 0 Å². The number of benzene rings is 1. The van der Waals surface area contributed by atoms with Gasteiger partial charge in [-0.2, -0.15) is 0 Å². The second-order valence-electron chi connectivity index (χ2n) is 5.85. The van der Waals surface area contributed by atoms with Crippen LogP contribution in [0, 0.1) is 0 Å². The SMILES string of the molecule is O=C(O)c1cnc(NCC2(c3cccc(Br)c3)CCOCC2)cn1. The quantitative estimate of drug-likeness (QED) is 0.814. The van der Waals surface area contributed by atoms with E-state index in [1.165, 1.54) is 18.0 Å². The maximum Gasteiger partial charge on any atom is 0.356 e. The van der Waals surface area contributed by atoms with Crippen LogP contribution in [0.2, 0.25) is 0 Å². The van der Waals surface area contributed by atoms with Gasteiger partial charge in [-0.05, 0) is 30.5 Å². The number of carboxylic acid groups (broad SMARTS) is 1. The molecule has 126 valence electrons. The third-order valence-corrected chi connectivity index (χ3v) is 4.86. The van der Waals surface area contributed by atoms with Gasteiger partial charge in [0.15, 0.2) is 5.69 Å². The minimum Gasteiger partial charge on any atom is -0.476 e. The molecular formula is C17H18BrN3O3. The summed E-state index contributed by atoms with van der Waals surface area (Å²) in [5, 5.41) is 12.2. The van der Waals surface area contributed by atoms with E-state index in [9.17, 15) is 4.79 Å². The Kier molecular flexibility index (Phi) is 5.11. The number of ether oxygens (including phenoxy) is 1. The van der Waals surface area contributed by atoms with E-state index in [4.69, 9.17) is 9.84 Å². The molecule has 7 heteroatoms. The topological polar surface area (TPSA) is 84.3 Å². The zero-order valence-corrected chi connectivity index (χ0v) is 14.6. The Labute approximate surface area is 148 Å². The van der Waals surface area contributed by atoms with Crippen molar-refractivity contribution in [3.05, 3.63) is 52.4 Å². The second kappa shape index (κ2) is 7.27. The number of hydrogen-bond acceptors (Lipinski definition) is 5. The smallest absolute Gasteiger partial charge is 0.356 e. The molecule has 0 aliphatic carbocycles. The van der Waals surface area contributed by atoms with Crippen molar-refractivity contribution >= 4 is 27.7 Å². The van der Waals surface area contributed by atoms with E-state index in [1.807, 2.05) is 12.1 Å². The lowest BCUT2D eigenvalue weighted by Crippen LogP contribution is -2.40. The van der Waals surface area contributed by atoms with Crippen LogP contribution >= 0.6 is 15.9 Å². The number of carbonyl (C=O) groups is 1. The van der Waals surface area contributed by atoms with Gasteiger partial charge in [0.2, 0.25) is 0 Å². The van der Waals surface area contributed by atoms with Crippen LogP contribution < -0.4 is 5.32 Å². The number of nitrogens with zero attached hydrogens (tertiary/aromatic N) is 2. The fourth-order valence-corrected chi connectivity index (χ4v) is 3.34. The monoisotopic (exact) mass is 391 g/mol. The molecule has 0 saturated carbocycles. The number of halogens is 1. The van der Waals surface area contributed by atoms with E-state index >= 15 is 0 Å². The lowest BCUT2D eigenvalue weighted by Gasteiger charge is -2.38. The Hall–Kier alpha value is -1.99. The van der Waals surface area contributed by atoms with Crippen molar-refractivity contribution in [3.8, 4) is 0 Å². The van der Waals surface area contributed by atoms with E-state index in [-0.39, 0.29) is 11.1 Å². The minimum absolute atomic E-state index is 0.0464. The minimum atomic E-state index is -1.08. The summed E-state index contributed by atoms with van der Waals surface area (Å²) in [6, 6.07) is 8.33. The number of hydrogen-bond donors (Lipinski definition) is 2. The van der Waals surface area contributed by atoms with Crippen LogP contribution in [-0.2, 0) is 10.2 Å². The Morgan fingerprint density at radius 2 is 2.08 bits per heavy atom. The second-order valence-corrected chi connectivity index (χ2v) is 6.76. The first-order valence-electron chi connectivity index (χ1n) is 7.72. The van der Waals surface area contributed by atoms with Crippen LogP contribution in [0.1, 0.15) is 28.9 Å². The summed E-state index contributed by atoms with van der Waals surface area (Å²) in [7, 11) is 0.